The Bertz CT molecular complexity index is 885. The lowest BCUT2D eigenvalue weighted by Crippen LogP contribution is -2.35. The first-order valence-corrected chi connectivity index (χ1v) is 8.42. The van der Waals surface area contributed by atoms with Crippen LogP contribution in [-0.2, 0) is 4.79 Å². The highest BCUT2D eigenvalue weighted by atomic mass is 16.5. The molecule has 2 aromatic rings. The van der Waals surface area contributed by atoms with Crippen molar-refractivity contribution in [2.45, 2.75) is 13.0 Å². The normalized spacial score (nSPS) is 17.7. The number of hydrogen-bond acceptors (Lipinski definition) is 3. The molecule has 1 amide bonds. The molecule has 1 atom stereocenters. The van der Waals surface area contributed by atoms with Crippen molar-refractivity contribution < 1.29 is 14.2 Å². The molecule has 0 aromatic heterocycles. The first kappa shape index (κ1) is 17.6. The third-order valence-electron chi connectivity index (χ3n) is 4.39. The van der Waals surface area contributed by atoms with E-state index in [4.69, 9.17) is 4.74 Å². The molecule has 2 aromatic carbocycles. The van der Waals surface area contributed by atoms with Gasteiger partial charge in [0.15, 0.2) is 7.05 Å². The van der Waals surface area contributed by atoms with Crippen molar-refractivity contribution in [2.75, 3.05) is 19.2 Å². The van der Waals surface area contributed by atoms with Gasteiger partial charge in [0, 0.05) is 18.7 Å². The number of ether oxygens (including phenoxy) is 1. The molecule has 0 spiro atoms. The minimum absolute atomic E-state index is 0.0573. The number of amides is 1. The van der Waals surface area contributed by atoms with Gasteiger partial charge in [-0.25, -0.2) is 0 Å². The maximum absolute atomic E-state index is 12.8. The third kappa shape index (κ3) is 3.42. The van der Waals surface area contributed by atoms with Crippen LogP contribution in [0, 0.1) is 0 Å². The number of para-hydroxylation sites is 2. The van der Waals surface area contributed by atoms with Crippen molar-refractivity contribution in [1.82, 2.24) is 0 Å². The number of anilines is 1. The summed E-state index contributed by atoms with van der Waals surface area (Å²) in [7, 11) is 3.52. The van der Waals surface area contributed by atoms with E-state index in [1.54, 1.807) is 18.3 Å². The molecular weight excluding hydrogens is 326 g/mol. The number of benzene rings is 2. The average Bonchev–Trinajstić information content (AvgIpc) is 2.89. The predicted octanol–water partition coefficient (Wildman–Crippen LogP) is 3.21. The molecule has 0 radical (unpaired) electrons. The molecule has 132 valence electrons. The van der Waals surface area contributed by atoms with Crippen molar-refractivity contribution in [3.05, 3.63) is 66.2 Å². The number of carbonyl (C=O) groups is 1. The molecule has 0 saturated heterocycles. The largest absolute Gasteiger partial charge is 0.496 e. The van der Waals surface area contributed by atoms with Gasteiger partial charge in [0.05, 0.1) is 7.11 Å². The van der Waals surface area contributed by atoms with Crippen LogP contribution in [-0.4, -0.2) is 42.7 Å². The molecule has 3 rings (SSSR count). The Kier molecular flexibility index (Phi) is 5.27. The fourth-order valence-electron chi connectivity index (χ4n) is 2.90. The van der Waals surface area contributed by atoms with E-state index in [1.165, 1.54) is 0 Å². The standard InChI is InChI=1S/C21H22N3O2/c1-16-20(21(25)24(23(16)2)18-12-5-4-6-13-18)22-15-9-11-17-10-7-8-14-19(17)26-3/h4-15,20H,1-3H3/q+1/b11-9+,22-15?/t20-/m1/s1. The Balaban J connectivity index is 1.77. The molecule has 0 bridgehead atoms. The monoisotopic (exact) mass is 348 g/mol. The van der Waals surface area contributed by atoms with Crippen molar-refractivity contribution in [2.24, 2.45) is 4.99 Å². The van der Waals surface area contributed by atoms with E-state index >= 15 is 0 Å². The summed E-state index contributed by atoms with van der Waals surface area (Å²) in [5.41, 5.74) is 2.69. The smallest absolute Gasteiger partial charge is 0.318 e. The highest BCUT2D eigenvalue weighted by molar-refractivity contribution is 6.15. The lowest BCUT2D eigenvalue weighted by molar-refractivity contribution is -0.495. The summed E-state index contributed by atoms with van der Waals surface area (Å²) >= 11 is 0. The second kappa shape index (κ2) is 7.78. The van der Waals surface area contributed by atoms with Gasteiger partial charge in [-0.2, -0.15) is 0 Å². The summed E-state index contributed by atoms with van der Waals surface area (Å²) in [4.78, 5) is 17.3. The third-order valence-corrected chi connectivity index (χ3v) is 4.39. The highest BCUT2D eigenvalue weighted by Crippen LogP contribution is 2.21. The molecule has 1 aliphatic rings. The second-order valence-electron chi connectivity index (χ2n) is 5.95. The Labute approximate surface area is 153 Å². The van der Waals surface area contributed by atoms with E-state index in [-0.39, 0.29) is 5.91 Å². The minimum atomic E-state index is -0.512. The van der Waals surface area contributed by atoms with Crippen molar-refractivity contribution >= 4 is 29.6 Å². The van der Waals surface area contributed by atoms with Gasteiger partial charge < -0.3 is 4.74 Å². The van der Waals surface area contributed by atoms with Gasteiger partial charge in [-0.15, -0.1) is 4.68 Å². The molecule has 0 aliphatic carbocycles. The summed E-state index contributed by atoms with van der Waals surface area (Å²) in [6.45, 7) is 1.92. The molecular formula is C21H22N3O2+. The molecule has 0 unspecified atom stereocenters. The summed E-state index contributed by atoms with van der Waals surface area (Å²) < 4.78 is 7.17. The number of rotatable bonds is 5. The molecule has 0 N–H and O–H groups in total. The maximum Gasteiger partial charge on any atom is 0.318 e. The fourth-order valence-corrected chi connectivity index (χ4v) is 2.90. The molecule has 0 saturated carbocycles. The van der Waals surface area contributed by atoms with Crippen molar-refractivity contribution in [1.29, 1.82) is 0 Å². The first-order chi connectivity index (χ1) is 12.6. The molecule has 1 heterocycles. The minimum Gasteiger partial charge on any atom is -0.496 e. The summed E-state index contributed by atoms with van der Waals surface area (Å²) in [5, 5.41) is 1.65. The van der Waals surface area contributed by atoms with E-state index in [0.29, 0.717) is 0 Å². The topological polar surface area (TPSA) is 44.9 Å². The molecule has 26 heavy (non-hydrogen) atoms. The van der Waals surface area contributed by atoms with Crippen LogP contribution in [0.25, 0.3) is 6.08 Å². The zero-order chi connectivity index (χ0) is 18.5. The van der Waals surface area contributed by atoms with E-state index in [1.807, 2.05) is 85.4 Å². The number of methoxy groups -OCH3 is 1. The quantitative estimate of drug-likeness (QED) is 0.615. The Hall–Kier alpha value is -3.21. The van der Waals surface area contributed by atoms with Crippen LogP contribution < -0.4 is 9.75 Å². The van der Waals surface area contributed by atoms with Gasteiger partial charge >= 0.3 is 5.91 Å². The molecule has 0 fully saturated rings. The van der Waals surface area contributed by atoms with Crippen molar-refractivity contribution in [3.8, 4) is 5.75 Å². The maximum atomic E-state index is 12.8. The molecule has 5 heteroatoms. The number of hydrogen-bond donors (Lipinski definition) is 0. The zero-order valence-electron chi connectivity index (χ0n) is 15.2. The first-order valence-electron chi connectivity index (χ1n) is 8.42. The Morgan fingerprint density at radius 2 is 1.81 bits per heavy atom. The number of allylic oxidation sites excluding steroid dienone is 1. The van der Waals surface area contributed by atoms with E-state index in [9.17, 15) is 4.79 Å². The SMILES string of the molecule is COc1ccccc1/C=C/C=N[C@H]1C(=O)N(c2ccccc2)[N+](C)=C1C. The fraction of sp³-hybridized carbons (Fsp3) is 0.190. The molecule has 1 aliphatic heterocycles. The lowest BCUT2D eigenvalue weighted by Gasteiger charge is -2.10. The molecule has 5 nitrogen and oxygen atoms in total. The van der Waals surface area contributed by atoms with Crippen LogP contribution >= 0.6 is 0 Å². The van der Waals surface area contributed by atoms with Gasteiger partial charge in [0.2, 0.25) is 11.8 Å². The Morgan fingerprint density at radius 1 is 1.12 bits per heavy atom. The number of hydrazone groups is 1. The Morgan fingerprint density at radius 3 is 2.54 bits per heavy atom. The predicted molar refractivity (Wildman–Crippen MR) is 105 cm³/mol. The van der Waals surface area contributed by atoms with E-state index < -0.39 is 6.04 Å². The highest BCUT2D eigenvalue weighted by Gasteiger charge is 2.43. The van der Waals surface area contributed by atoms with Gasteiger partial charge in [0.25, 0.3) is 0 Å². The summed E-state index contributed by atoms with van der Waals surface area (Å²) in [5.74, 6) is 0.741. The van der Waals surface area contributed by atoms with Crippen LogP contribution in [0.4, 0.5) is 5.69 Å². The van der Waals surface area contributed by atoms with Crippen LogP contribution in [0.3, 0.4) is 0 Å². The van der Waals surface area contributed by atoms with Crippen LogP contribution in [0.1, 0.15) is 12.5 Å². The lowest BCUT2D eigenvalue weighted by atomic mass is 10.2. The van der Waals surface area contributed by atoms with Crippen LogP contribution in [0.5, 0.6) is 5.75 Å². The zero-order valence-corrected chi connectivity index (χ0v) is 15.2. The summed E-state index contributed by atoms with van der Waals surface area (Å²) in [6.07, 6.45) is 5.40. The van der Waals surface area contributed by atoms with Crippen molar-refractivity contribution in [3.63, 3.8) is 0 Å². The van der Waals surface area contributed by atoms with E-state index in [2.05, 4.69) is 4.99 Å². The second-order valence-corrected chi connectivity index (χ2v) is 5.95. The summed E-state index contributed by atoms with van der Waals surface area (Å²) in [6, 6.07) is 16.8. The van der Waals surface area contributed by atoms with Gasteiger partial charge in [0.1, 0.15) is 11.4 Å². The van der Waals surface area contributed by atoms with Gasteiger partial charge in [-0.3, -0.25) is 9.79 Å². The van der Waals surface area contributed by atoms with Crippen LogP contribution in [0.15, 0.2) is 65.7 Å². The van der Waals surface area contributed by atoms with Gasteiger partial charge in [-0.05, 0) is 30.4 Å². The van der Waals surface area contributed by atoms with Crippen LogP contribution in [0.2, 0.25) is 0 Å². The number of carbonyl (C=O) groups excluding carboxylic acids is 1. The number of nitrogens with zero attached hydrogens (tertiary/aromatic N) is 3. The van der Waals surface area contributed by atoms with Gasteiger partial charge in [-0.1, -0.05) is 41.4 Å². The average molecular weight is 348 g/mol. The van der Waals surface area contributed by atoms with E-state index in [0.717, 1.165) is 22.7 Å². The number of hydrazine groups is 1. The number of aliphatic imine (C=N–C) groups is 1.